The third-order valence-electron chi connectivity index (χ3n) is 4.92. The van der Waals surface area contributed by atoms with E-state index in [9.17, 15) is 4.79 Å². The first-order valence-electron chi connectivity index (χ1n) is 8.53. The maximum atomic E-state index is 12.3. The highest BCUT2D eigenvalue weighted by molar-refractivity contribution is 5.93. The molecule has 1 aliphatic heterocycles. The Hall–Kier alpha value is -2.47. The zero-order chi connectivity index (χ0) is 18.0. The molecule has 0 radical (unpaired) electrons. The van der Waals surface area contributed by atoms with E-state index in [4.69, 9.17) is 0 Å². The fourth-order valence-corrected chi connectivity index (χ4v) is 3.06. The van der Waals surface area contributed by atoms with Gasteiger partial charge in [0.2, 0.25) is 5.91 Å². The van der Waals surface area contributed by atoms with Gasteiger partial charge in [0.1, 0.15) is 12.1 Å². The summed E-state index contributed by atoms with van der Waals surface area (Å²) < 4.78 is 0. The number of nitrogens with one attached hydrogen (secondary N) is 1. The van der Waals surface area contributed by atoms with E-state index in [1.165, 1.54) is 5.56 Å². The monoisotopic (exact) mass is 339 g/mol. The molecule has 2 heterocycles. The van der Waals surface area contributed by atoms with E-state index in [2.05, 4.69) is 38.1 Å². The second-order valence-electron chi connectivity index (χ2n) is 6.80. The Labute approximate surface area is 148 Å². The van der Waals surface area contributed by atoms with Crippen LogP contribution in [0.25, 0.3) is 0 Å². The third kappa shape index (κ3) is 3.79. The van der Waals surface area contributed by atoms with Gasteiger partial charge in [0.15, 0.2) is 0 Å². The number of aromatic nitrogens is 2. The predicted octanol–water partition coefficient (Wildman–Crippen LogP) is 2.16. The fraction of sp³-hybridized carbons (Fsp3) is 0.421. The molecule has 3 rings (SSSR count). The minimum absolute atomic E-state index is 0.0212. The molecule has 0 unspecified atom stereocenters. The summed E-state index contributed by atoms with van der Waals surface area (Å²) in [7, 11) is 2.00. The zero-order valence-corrected chi connectivity index (χ0v) is 15.3. The largest absolute Gasteiger partial charge is 0.353 e. The van der Waals surface area contributed by atoms with Crippen LogP contribution in [-0.2, 0) is 4.79 Å². The Morgan fingerprint density at radius 2 is 2.04 bits per heavy atom. The number of amides is 1. The highest BCUT2D eigenvalue weighted by atomic mass is 16.2. The Kier molecular flexibility index (Phi) is 4.99. The molecular weight excluding hydrogens is 314 g/mol. The average molecular weight is 339 g/mol. The standard InChI is InChI=1S/C19H25N5O/c1-13-6-5-7-17(15(13)3)22-18(25)11-23(4)16-9-24(10-16)19-14(2)8-20-12-21-19/h5-8,12,16H,9-11H2,1-4H3,(H,22,25). The summed E-state index contributed by atoms with van der Waals surface area (Å²) in [6.45, 7) is 8.24. The van der Waals surface area contributed by atoms with E-state index >= 15 is 0 Å². The van der Waals surface area contributed by atoms with E-state index in [-0.39, 0.29) is 5.91 Å². The number of aryl methyl sites for hydroxylation is 2. The lowest BCUT2D eigenvalue weighted by Crippen LogP contribution is -2.60. The van der Waals surface area contributed by atoms with Gasteiger partial charge >= 0.3 is 0 Å². The topological polar surface area (TPSA) is 61.4 Å². The van der Waals surface area contributed by atoms with Crippen molar-refractivity contribution < 1.29 is 4.79 Å². The van der Waals surface area contributed by atoms with Gasteiger partial charge < -0.3 is 10.2 Å². The number of carbonyl (C=O) groups excluding carboxylic acids is 1. The summed E-state index contributed by atoms with van der Waals surface area (Å²) in [5.74, 6) is 1.01. The lowest BCUT2D eigenvalue weighted by molar-refractivity contribution is -0.117. The molecule has 0 saturated carbocycles. The predicted molar refractivity (Wildman–Crippen MR) is 99.9 cm³/mol. The van der Waals surface area contributed by atoms with Crippen LogP contribution in [0.1, 0.15) is 16.7 Å². The first kappa shape index (κ1) is 17.4. The molecule has 132 valence electrons. The molecule has 1 aromatic heterocycles. The van der Waals surface area contributed by atoms with Gasteiger partial charge in [-0.25, -0.2) is 9.97 Å². The van der Waals surface area contributed by atoms with Crippen LogP contribution < -0.4 is 10.2 Å². The second-order valence-corrected chi connectivity index (χ2v) is 6.80. The molecule has 25 heavy (non-hydrogen) atoms. The number of likely N-dealkylation sites (N-methyl/N-ethyl adjacent to an activating group) is 1. The van der Waals surface area contributed by atoms with Crippen LogP contribution in [0.15, 0.2) is 30.7 Å². The van der Waals surface area contributed by atoms with E-state index in [0.717, 1.165) is 35.7 Å². The van der Waals surface area contributed by atoms with Gasteiger partial charge in [-0.15, -0.1) is 0 Å². The van der Waals surface area contributed by atoms with Gasteiger partial charge in [-0.05, 0) is 45.0 Å². The summed E-state index contributed by atoms with van der Waals surface area (Å²) in [5, 5.41) is 3.02. The summed E-state index contributed by atoms with van der Waals surface area (Å²) in [6, 6.07) is 6.33. The van der Waals surface area contributed by atoms with Crippen molar-refractivity contribution in [2.75, 3.05) is 36.9 Å². The Morgan fingerprint density at radius 1 is 1.28 bits per heavy atom. The van der Waals surface area contributed by atoms with Crippen LogP contribution in [0, 0.1) is 20.8 Å². The van der Waals surface area contributed by atoms with E-state index in [1.807, 2.05) is 39.2 Å². The van der Waals surface area contributed by atoms with Crippen LogP contribution in [0.3, 0.4) is 0 Å². The van der Waals surface area contributed by atoms with Crippen molar-refractivity contribution in [3.05, 3.63) is 47.4 Å². The molecule has 6 heteroatoms. The van der Waals surface area contributed by atoms with Crippen LogP contribution in [0.2, 0.25) is 0 Å². The first-order chi connectivity index (χ1) is 12.0. The molecule has 0 aliphatic carbocycles. The summed E-state index contributed by atoms with van der Waals surface area (Å²) in [5.41, 5.74) is 4.27. The van der Waals surface area contributed by atoms with E-state index in [1.54, 1.807) is 6.33 Å². The molecule has 0 spiro atoms. The van der Waals surface area contributed by atoms with Crippen molar-refractivity contribution in [1.29, 1.82) is 0 Å². The number of carbonyl (C=O) groups is 1. The van der Waals surface area contributed by atoms with Crippen LogP contribution in [-0.4, -0.2) is 53.5 Å². The number of rotatable bonds is 5. The van der Waals surface area contributed by atoms with Crippen molar-refractivity contribution in [2.45, 2.75) is 26.8 Å². The smallest absolute Gasteiger partial charge is 0.238 e. The zero-order valence-electron chi connectivity index (χ0n) is 15.3. The molecule has 1 N–H and O–H groups in total. The van der Waals surface area contributed by atoms with Gasteiger partial charge in [-0.3, -0.25) is 9.69 Å². The van der Waals surface area contributed by atoms with Crippen molar-refractivity contribution in [2.24, 2.45) is 0 Å². The van der Waals surface area contributed by atoms with E-state index < -0.39 is 0 Å². The van der Waals surface area contributed by atoms with Crippen molar-refractivity contribution in [3.63, 3.8) is 0 Å². The van der Waals surface area contributed by atoms with Crippen molar-refractivity contribution >= 4 is 17.4 Å². The molecule has 2 aromatic rings. The molecule has 0 atom stereocenters. The third-order valence-corrected chi connectivity index (χ3v) is 4.92. The minimum Gasteiger partial charge on any atom is -0.353 e. The highest BCUT2D eigenvalue weighted by Crippen LogP contribution is 2.23. The minimum atomic E-state index is 0.0212. The van der Waals surface area contributed by atoms with Crippen LogP contribution in [0.5, 0.6) is 0 Å². The molecule has 6 nitrogen and oxygen atoms in total. The first-order valence-corrected chi connectivity index (χ1v) is 8.53. The molecule has 0 bridgehead atoms. The number of anilines is 2. The lowest BCUT2D eigenvalue weighted by Gasteiger charge is -2.44. The Balaban J connectivity index is 1.52. The summed E-state index contributed by atoms with van der Waals surface area (Å²) >= 11 is 0. The molecular formula is C19H25N5O. The number of nitrogens with zero attached hydrogens (tertiary/aromatic N) is 4. The fourth-order valence-electron chi connectivity index (χ4n) is 3.06. The average Bonchev–Trinajstić information content (AvgIpc) is 2.52. The normalized spacial score (nSPS) is 14.5. The maximum absolute atomic E-state index is 12.3. The van der Waals surface area contributed by atoms with Gasteiger partial charge in [0.05, 0.1) is 6.54 Å². The highest BCUT2D eigenvalue weighted by Gasteiger charge is 2.32. The van der Waals surface area contributed by atoms with Crippen LogP contribution >= 0.6 is 0 Å². The SMILES string of the molecule is Cc1cncnc1N1CC(N(C)CC(=O)Nc2cccc(C)c2C)C1. The van der Waals surface area contributed by atoms with Crippen molar-refractivity contribution in [3.8, 4) is 0 Å². The molecule has 1 fully saturated rings. The summed E-state index contributed by atoms with van der Waals surface area (Å²) in [4.78, 5) is 25.1. The van der Waals surface area contributed by atoms with E-state index in [0.29, 0.717) is 12.6 Å². The molecule has 1 aromatic carbocycles. The molecule has 1 saturated heterocycles. The van der Waals surface area contributed by atoms with Crippen molar-refractivity contribution in [1.82, 2.24) is 14.9 Å². The Morgan fingerprint density at radius 3 is 2.76 bits per heavy atom. The number of hydrogen-bond donors (Lipinski definition) is 1. The van der Waals surface area contributed by atoms with Gasteiger partial charge in [0, 0.05) is 36.6 Å². The maximum Gasteiger partial charge on any atom is 0.238 e. The lowest BCUT2D eigenvalue weighted by atomic mass is 10.1. The molecule has 1 aliphatic rings. The number of benzene rings is 1. The van der Waals surface area contributed by atoms with Gasteiger partial charge in [-0.1, -0.05) is 12.1 Å². The number of hydrogen-bond acceptors (Lipinski definition) is 5. The van der Waals surface area contributed by atoms with Gasteiger partial charge in [0.25, 0.3) is 0 Å². The molecule has 1 amide bonds. The van der Waals surface area contributed by atoms with Crippen LogP contribution in [0.4, 0.5) is 11.5 Å². The second kappa shape index (κ2) is 7.19. The Bertz CT molecular complexity index is 770. The quantitative estimate of drug-likeness (QED) is 0.904. The van der Waals surface area contributed by atoms with Gasteiger partial charge in [-0.2, -0.15) is 0 Å². The summed E-state index contributed by atoms with van der Waals surface area (Å²) in [6.07, 6.45) is 3.41.